The highest BCUT2D eigenvalue weighted by Crippen LogP contribution is 2.15. The van der Waals surface area contributed by atoms with Crippen LogP contribution in [-0.4, -0.2) is 33.9 Å². The van der Waals surface area contributed by atoms with Gasteiger partial charge in [-0.15, -0.1) is 6.42 Å². The van der Waals surface area contributed by atoms with Gasteiger partial charge >= 0.3 is 0 Å². The number of nitrogens with one attached hydrogen (secondary N) is 1. The first-order chi connectivity index (χ1) is 10.4. The van der Waals surface area contributed by atoms with Crippen LogP contribution in [0.3, 0.4) is 0 Å². The van der Waals surface area contributed by atoms with Crippen molar-refractivity contribution in [3.63, 3.8) is 0 Å². The molecule has 4 nitrogen and oxygen atoms in total. The SMILES string of the molecule is C#CC(Cc1ccc(F)cc1F)N(C)C(=O)c1ncc(Br)[nH]1. The van der Waals surface area contributed by atoms with Crippen molar-refractivity contribution in [3.8, 4) is 12.3 Å². The molecule has 0 fully saturated rings. The number of hydrogen-bond donors (Lipinski definition) is 1. The standard InChI is InChI=1S/C15H12BrF2N3O/c1-3-11(6-9-4-5-10(17)7-12(9)18)21(2)15(22)14-19-8-13(16)20-14/h1,4-5,7-8,11H,6H2,2H3,(H,19,20). The third-order valence-corrected chi connectivity index (χ3v) is 3.56. The molecule has 1 unspecified atom stereocenters. The molecule has 0 radical (unpaired) electrons. The number of terminal acetylenes is 1. The van der Waals surface area contributed by atoms with Crippen molar-refractivity contribution in [2.75, 3.05) is 7.05 Å². The lowest BCUT2D eigenvalue weighted by Crippen LogP contribution is -2.38. The number of aromatic nitrogens is 2. The Morgan fingerprint density at radius 1 is 1.55 bits per heavy atom. The zero-order chi connectivity index (χ0) is 16.3. The normalized spacial score (nSPS) is 11.8. The quantitative estimate of drug-likeness (QED) is 0.844. The smallest absolute Gasteiger partial charge is 0.290 e. The van der Waals surface area contributed by atoms with E-state index in [4.69, 9.17) is 6.42 Å². The lowest BCUT2D eigenvalue weighted by Gasteiger charge is -2.23. The van der Waals surface area contributed by atoms with Gasteiger partial charge < -0.3 is 9.88 Å². The summed E-state index contributed by atoms with van der Waals surface area (Å²) in [6, 6.07) is 2.57. The molecule has 0 bridgehead atoms. The lowest BCUT2D eigenvalue weighted by atomic mass is 10.0. The van der Waals surface area contributed by atoms with E-state index in [-0.39, 0.29) is 17.8 Å². The minimum absolute atomic E-state index is 0.0761. The summed E-state index contributed by atoms with van der Waals surface area (Å²) >= 11 is 3.16. The van der Waals surface area contributed by atoms with Crippen molar-refractivity contribution < 1.29 is 13.6 Å². The Morgan fingerprint density at radius 2 is 2.27 bits per heavy atom. The van der Waals surface area contributed by atoms with Gasteiger partial charge in [0.2, 0.25) is 0 Å². The highest BCUT2D eigenvalue weighted by Gasteiger charge is 2.23. The highest BCUT2D eigenvalue weighted by atomic mass is 79.9. The molecule has 1 N–H and O–H groups in total. The fourth-order valence-corrected chi connectivity index (χ4v) is 2.21. The summed E-state index contributed by atoms with van der Waals surface area (Å²) in [7, 11) is 1.50. The van der Waals surface area contributed by atoms with Gasteiger partial charge in [-0.2, -0.15) is 0 Å². The van der Waals surface area contributed by atoms with Crippen LogP contribution in [0.25, 0.3) is 0 Å². The van der Waals surface area contributed by atoms with Gasteiger partial charge in [-0.05, 0) is 27.6 Å². The number of carbonyl (C=O) groups is 1. The van der Waals surface area contributed by atoms with Crippen molar-refractivity contribution in [1.29, 1.82) is 0 Å². The number of imidazole rings is 1. The van der Waals surface area contributed by atoms with Crippen molar-refractivity contribution in [1.82, 2.24) is 14.9 Å². The van der Waals surface area contributed by atoms with E-state index >= 15 is 0 Å². The van der Waals surface area contributed by atoms with Gasteiger partial charge in [0.25, 0.3) is 5.91 Å². The first-order valence-corrected chi connectivity index (χ1v) is 7.09. The van der Waals surface area contributed by atoms with Crippen LogP contribution in [0.15, 0.2) is 29.0 Å². The maximum absolute atomic E-state index is 13.7. The van der Waals surface area contributed by atoms with E-state index in [9.17, 15) is 13.6 Å². The highest BCUT2D eigenvalue weighted by molar-refractivity contribution is 9.10. The number of aromatic amines is 1. The summed E-state index contributed by atoms with van der Waals surface area (Å²) in [6.07, 6.45) is 6.97. The third kappa shape index (κ3) is 3.52. The molecule has 1 aromatic carbocycles. The molecular formula is C15H12BrF2N3O. The van der Waals surface area contributed by atoms with Gasteiger partial charge in [0.05, 0.1) is 12.2 Å². The second kappa shape index (κ2) is 6.71. The van der Waals surface area contributed by atoms with Gasteiger partial charge in [0.15, 0.2) is 5.82 Å². The van der Waals surface area contributed by atoms with E-state index in [1.54, 1.807) is 0 Å². The molecule has 0 aliphatic carbocycles. The number of rotatable bonds is 4. The molecule has 2 rings (SSSR count). The minimum Gasteiger partial charge on any atom is -0.329 e. The van der Waals surface area contributed by atoms with Gasteiger partial charge in [-0.3, -0.25) is 4.79 Å². The predicted molar refractivity (Wildman–Crippen MR) is 81.1 cm³/mol. The van der Waals surface area contributed by atoms with Gasteiger partial charge in [0.1, 0.15) is 16.2 Å². The van der Waals surface area contributed by atoms with E-state index < -0.39 is 23.6 Å². The Bertz CT molecular complexity index is 739. The average Bonchev–Trinajstić information content (AvgIpc) is 2.91. The first-order valence-electron chi connectivity index (χ1n) is 6.30. The number of likely N-dealkylation sites (N-methyl/N-ethyl adjacent to an activating group) is 1. The molecule has 0 saturated carbocycles. The van der Waals surface area contributed by atoms with Crippen LogP contribution < -0.4 is 0 Å². The number of hydrogen-bond acceptors (Lipinski definition) is 2. The van der Waals surface area contributed by atoms with E-state index in [0.717, 1.165) is 12.1 Å². The summed E-state index contributed by atoms with van der Waals surface area (Å²) in [6.45, 7) is 0. The first kappa shape index (κ1) is 16.2. The summed E-state index contributed by atoms with van der Waals surface area (Å²) in [5.74, 6) is 0.784. The second-order valence-corrected chi connectivity index (χ2v) is 5.47. The monoisotopic (exact) mass is 367 g/mol. The Hall–Kier alpha value is -2.20. The van der Waals surface area contributed by atoms with Crippen LogP contribution >= 0.6 is 15.9 Å². The van der Waals surface area contributed by atoms with Crippen LogP contribution in [0, 0.1) is 24.0 Å². The van der Waals surface area contributed by atoms with Gasteiger partial charge in [-0.25, -0.2) is 13.8 Å². The number of H-pyrrole nitrogens is 1. The summed E-state index contributed by atoms with van der Waals surface area (Å²) in [5.41, 5.74) is 0.240. The molecule has 2 aromatic rings. The van der Waals surface area contributed by atoms with Crippen LogP contribution in [0.4, 0.5) is 8.78 Å². The lowest BCUT2D eigenvalue weighted by molar-refractivity contribution is 0.0753. The topological polar surface area (TPSA) is 49.0 Å². The zero-order valence-corrected chi connectivity index (χ0v) is 13.2. The molecule has 7 heteroatoms. The summed E-state index contributed by atoms with van der Waals surface area (Å²) < 4.78 is 27.2. The molecule has 0 spiro atoms. The number of carbonyl (C=O) groups excluding carboxylic acids is 1. The zero-order valence-electron chi connectivity index (χ0n) is 11.6. The van der Waals surface area contributed by atoms with Crippen molar-refractivity contribution >= 4 is 21.8 Å². The van der Waals surface area contributed by atoms with E-state index in [2.05, 4.69) is 31.8 Å². The van der Waals surface area contributed by atoms with E-state index in [1.165, 1.54) is 24.2 Å². The number of nitrogens with zero attached hydrogens (tertiary/aromatic N) is 2. The van der Waals surface area contributed by atoms with Crippen LogP contribution in [0.1, 0.15) is 16.2 Å². The minimum atomic E-state index is -0.693. The Balaban J connectivity index is 2.17. The summed E-state index contributed by atoms with van der Waals surface area (Å²) in [5, 5.41) is 0. The molecule has 1 amide bonds. The fourth-order valence-electron chi connectivity index (χ4n) is 1.92. The van der Waals surface area contributed by atoms with Crippen LogP contribution in [0.5, 0.6) is 0 Å². The van der Waals surface area contributed by atoms with Crippen LogP contribution in [0.2, 0.25) is 0 Å². The van der Waals surface area contributed by atoms with Gasteiger partial charge in [0, 0.05) is 19.5 Å². The van der Waals surface area contributed by atoms with Crippen molar-refractivity contribution in [3.05, 3.63) is 52.0 Å². The summed E-state index contributed by atoms with van der Waals surface area (Å²) in [4.78, 5) is 20.2. The molecule has 0 saturated heterocycles. The van der Waals surface area contributed by atoms with Crippen LogP contribution in [-0.2, 0) is 6.42 Å². The Labute approximate surface area is 134 Å². The van der Waals surface area contributed by atoms with Crippen molar-refractivity contribution in [2.45, 2.75) is 12.5 Å². The second-order valence-electron chi connectivity index (χ2n) is 4.62. The number of amides is 1. The number of halogens is 3. The van der Waals surface area contributed by atoms with E-state index in [0.29, 0.717) is 4.60 Å². The largest absolute Gasteiger partial charge is 0.329 e. The molecule has 1 heterocycles. The molecule has 0 aliphatic rings. The predicted octanol–water partition coefficient (Wildman–Crippen LogP) is 2.77. The molecule has 1 aromatic heterocycles. The molecule has 22 heavy (non-hydrogen) atoms. The van der Waals surface area contributed by atoms with E-state index in [1.807, 2.05) is 0 Å². The Kier molecular flexibility index (Phi) is 4.93. The molecule has 1 atom stereocenters. The van der Waals surface area contributed by atoms with Gasteiger partial charge in [-0.1, -0.05) is 12.0 Å². The maximum Gasteiger partial charge on any atom is 0.290 e. The Morgan fingerprint density at radius 3 is 2.82 bits per heavy atom. The molecule has 0 aliphatic heterocycles. The molecule has 114 valence electrons. The third-order valence-electron chi connectivity index (χ3n) is 3.16. The fraction of sp³-hybridized carbons (Fsp3) is 0.200. The number of benzene rings is 1. The maximum atomic E-state index is 13.7. The molecular weight excluding hydrogens is 356 g/mol. The average molecular weight is 368 g/mol. The van der Waals surface area contributed by atoms with Crippen molar-refractivity contribution in [2.24, 2.45) is 0 Å².